The lowest BCUT2D eigenvalue weighted by Crippen LogP contribution is -2.57. The zero-order valence-electron chi connectivity index (χ0n) is 16.0. The van der Waals surface area contributed by atoms with Gasteiger partial charge in [-0.15, -0.1) is 0 Å². The Bertz CT molecular complexity index is 952. The predicted octanol–water partition coefficient (Wildman–Crippen LogP) is 4.12. The molecule has 4 unspecified atom stereocenters. The standard InChI is InChI=1S/C21H24BrFN4O2/c22-19-15-8-14(9-24)29-18(15)10-25-21(19)26-11-1-3-12(4-2-11)27-13-5-6-16(27)20(23)17(28)7-13/h8,10-13,16-17,20,28H,1-7H2,(H,25,26). The average Bonchev–Trinajstić information content (AvgIpc) is 3.31. The lowest BCUT2D eigenvalue weighted by atomic mass is 9.86. The monoisotopic (exact) mass is 462 g/mol. The Morgan fingerprint density at radius 2 is 2.00 bits per heavy atom. The molecule has 2 aliphatic heterocycles. The van der Waals surface area contributed by atoms with Crippen LogP contribution in [0.2, 0.25) is 0 Å². The Labute approximate surface area is 177 Å². The van der Waals surface area contributed by atoms with Crippen LogP contribution in [0.3, 0.4) is 0 Å². The van der Waals surface area contributed by atoms with Crippen molar-refractivity contribution in [2.75, 3.05) is 5.32 Å². The fourth-order valence-electron chi connectivity index (χ4n) is 5.58. The van der Waals surface area contributed by atoms with Gasteiger partial charge < -0.3 is 14.8 Å². The summed E-state index contributed by atoms with van der Waals surface area (Å²) in [4.78, 5) is 6.85. The summed E-state index contributed by atoms with van der Waals surface area (Å²) >= 11 is 3.59. The van der Waals surface area contributed by atoms with E-state index >= 15 is 0 Å². The Kier molecular flexibility index (Phi) is 5.01. The van der Waals surface area contributed by atoms with Crippen LogP contribution in [-0.4, -0.2) is 51.4 Å². The van der Waals surface area contributed by atoms with Crippen molar-refractivity contribution >= 4 is 32.7 Å². The first-order valence-electron chi connectivity index (χ1n) is 10.4. The highest BCUT2D eigenvalue weighted by Crippen LogP contribution is 2.42. The van der Waals surface area contributed by atoms with Crippen LogP contribution < -0.4 is 5.32 Å². The number of furan rings is 1. The van der Waals surface area contributed by atoms with E-state index in [0.29, 0.717) is 30.1 Å². The Balaban J connectivity index is 1.24. The zero-order valence-corrected chi connectivity index (χ0v) is 17.6. The van der Waals surface area contributed by atoms with Crippen LogP contribution in [0.15, 0.2) is 21.2 Å². The average molecular weight is 463 g/mol. The van der Waals surface area contributed by atoms with Gasteiger partial charge in [0.15, 0.2) is 5.58 Å². The summed E-state index contributed by atoms with van der Waals surface area (Å²) in [5.41, 5.74) is 0.589. The molecule has 3 aliphatic rings. The SMILES string of the molecule is N#Cc1cc2c(Br)c(NC3CCC(N4C5CCC4C(F)C(O)C5)CC3)ncc2o1. The second kappa shape index (κ2) is 7.53. The highest BCUT2D eigenvalue weighted by atomic mass is 79.9. The van der Waals surface area contributed by atoms with E-state index in [9.17, 15) is 9.50 Å². The maximum absolute atomic E-state index is 14.5. The molecule has 4 heterocycles. The minimum Gasteiger partial charge on any atom is -0.444 e. The zero-order chi connectivity index (χ0) is 20.1. The number of rotatable bonds is 3. The third-order valence-electron chi connectivity index (χ3n) is 6.93. The predicted molar refractivity (Wildman–Crippen MR) is 110 cm³/mol. The number of alkyl halides is 1. The van der Waals surface area contributed by atoms with Crippen molar-refractivity contribution in [3.63, 3.8) is 0 Å². The molecule has 8 heteroatoms. The molecule has 29 heavy (non-hydrogen) atoms. The number of aliphatic hydroxyl groups is 1. The van der Waals surface area contributed by atoms with E-state index in [-0.39, 0.29) is 11.8 Å². The lowest BCUT2D eigenvalue weighted by molar-refractivity contribution is -0.0580. The fourth-order valence-corrected chi connectivity index (χ4v) is 6.10. The molecule has 0 aromatic carbocycles. The molecular formula is C21H24BrFN4O2. The van der Waals surface area contributed by atoms with E-state index in [1.807, 2.05) is 6.07 Å². The van der Waals surface area contributed by atoms with Crippen LogP contribution in [0.4, 0.5) is 10.2 Å². The van der Waals surface area contributed by atoms with Gasteiger partial charge in [0, 0.05) is 35.6 Å². The van der Waals surface area contributed by atoms with Crippen molar-refractivity contribution in [2.45, 2.75) is 81.4 Å². The van der Waals surface area contributed by atoms with Crippen LogP contribution in [0.25, 0.3) is 11.0 Å². The number of anilines is 1. The number of nitrogens with one attached hydrogen (secondary N) is 1. The van der Waals surface area contributed by atoms with Gasteiger partial charge in [-0.1, -0.05) is 0 Å². The molecule has 2 aromatic heterocycles. The smallest absolute Gasteiger partial charge is 0.204 e. The van der Waals surface area contributed by atoms with Gasteiger partial charge in [0.05, 0.1) is 16.8 Å². The van der Waals surface area contributed by atoms with Gasteiger partial charge in [0.25, 0.3) is 0 Å². The summed E-state index contributed by atoms with van der Waals surface area (Å²) < 4.78 is 20.7. The van der Waals surface area contributed by atoms with E-state index < -0.39 is 12.3 Å². The molecular weight excluding hydrogens is 439 g/mol. The molecule has 0 radical (unpaired) electrons. The second-order valence-corrected chi connectivity index (χ2v) is 9.36. The summed E-state index contributed by atoms with van der Waals surface area (Å²) in [5, 5.41) is 23.3. The number of aromatic nitrogens is 1. The van der Waals surface area contributed by atoms with Crippen LogP contribution in [0.5, 0.6) is 0 Å². The van der Waals surface area contributed by atoms with E-state index in [1.165, 1.54) is 0 Å². The second-order valence-electron chi connectivity index (χ2n) is 8.56. The summed E-state index contributed by atoms with van der Waals surface area (Å²) in [6.45, 7) is 0. The van der Waals surface area contributed by atoms with Crippen molar-refractivity contribution in [3.8, 4) is 6.07 Å². The third-order valence-corrected chi connectivity index (χ3v) is 7.74. The molecule has 2 aromatic rings. The van der Waals surface area contributed by atoms with Gasteiger partial charge >= 0.3 is 0 Å². The van der Waals surface area contributed by atoms with Gasteiger partial charge in [0.1, 0.15) is 18.1 Å². The molecule has 2 bridgehead atoms. The molecule has 5 rings (SSSR count). The van der Waals surface area contributed by atoms with Gasteiger partial charge in [-0.2, -0.15) is 5.26 Å². The lowest BCUT2D eigenvalue weighted by Gasteiger charge is -2.46. The summed E-state index contributed by atoms with van der Waals surface area (Å²) in [6.07, 6.45) is 6.25. The number of nitrogens with zero attached hydrogens (tertiary/aromatic N) is 3. The summed E-state index contributed by atoms with van der Waals surface area (Å²) in [7, 11) is 0. The maximum Gasteiger partial charge on any atom is 0.204 e. The first-order chi connectivity index (χ1) is 14.0. The van der Waals surface area contributed by atoms with Gasteiger partial charge in [-0.25, -0.2) is 9.37 Å². The molecule has 6 nitrogen and oxygen atoms in total. The minimum atomic E-state index is -1.11. The minimum absolute atomic E-state index is 0.105. The number of aliphatic hydroxyl groups excluding tert-OH is 1. The molecule has 1 aliphatic carbocycles. The summed E-state index contributed by atoms with van der Waals surface area (Å²) in [5.74, 6) is 1.03. The van der Waals surface area contributed by atoms with Crippen molar-refractivity contribution < 1.29 is 13.9 Å². The maximum atomic E-state index is 14.5. The highest BCUT2D eigenvalue weighted by molar-refractivity contribution is 9.10. The first-order valence-corrected chi connectivity index (χ1v) is 11.2. The highest BCUT2D eigenvalue weighted by Gasteiger charge is 2.49. The fraction of sp³-hybridized carbons (Fsp3) is 0.619. The van der Waals surface area contributed by atoms with E-state index in [1.54, 1.807) is 12.3 Å². The number of piperidine rings is 1. The van der Waals surface area contributed by atoms with Crippen LogP contribution in [-0.2, 0) is 0 Å². The third kappa shape index (κ3) is 3.33. The molecule has 2 N–H and O–H groups in total. The van der Waals surface area contributed by atoms with Crippen molar-refractivity contribution in [2.24, 2.45) is 0 Å². The quantitative estimate of drug-likeness (QED) is 0.713. The van der Waals surface area contributed by atoms with Crippen molar-refractivity contribution in [1.82, 2.24) is 9.88 Å². The van der Waals surface area contributed by atoms with Crippen molar-refractivity contribution in [1.29, 1.82) is 5.26 Å². The van der Waals surface area contributed by atoms with Gasteiger partial charge in [0.2, 0.25) is 5.76 Å². The Hall–Kier alpha value is -1.69. The number of nitriles is 1. The number of hydrogen-bond acceptors (Lipinski definition) is 6. The molecule has 154 valence electrons. The van der Waals surface area contributed by atoms with E-state index in [2.05, 4.69) is 31.1 Å². The number of fused-ring (bicyclic) bond motifs is 3. The Morgan fingerprint density at radius 3 is 2.76 bits per heavy atom. The Morgan fingerprint density at radius 1 is 1.24 bits per heavy atom. The number of halogens is 2. The topological polar surface area (TPSA) is 85.3 Å². The molecule has 2 saturated heterocycles. The van der Waals surface area contributed by atoms with Crippen LogP contribution in [0.1, 0.15) is 50.7 Å². The first kappa shape index (κ1) is 19.3. The molecule has 3 fully saturated rings. The molecule has 4 atom stereocenters. The van der Waals surface area contributed by atoms with Crippen LogP contribution >= 0.6 is 15.9 Å². The largest absolute Gasteiger partial charge is 0.444 e. The van der Waals surface area contributed by atoms with E-state index in [4.69, 9.17) is 9.68 Å². The summed E-state index contributed by atoms with van der Waals surface area (Å²) in [6, 6.07) is 4.68. The van der Waals surface area contributed by atoms with Crippen LogP contribution in [0, 0.1) is 11.3 Å². The molecule has 0 spiro atoms. The molecule has 1 saturated carbocycles. The van der Waals surface area contributed by atoms with Gasteiger partial charge in [-0.05, 0) is 60.9 Å². The van der Waals surface area contributed by atoms with E-state index in [0.717, 1.165) is 54.2 Å². The number of pyridine rings is 1. The normalized spacial score (nSPS) is 35.0. The van der Waals surface area contributed by atoms with Crippen molar-refractivity contribution in [3.05, 3.63) is 22.5 Å². The number of hydrogen-bond donors (Lipinski definition) is 2. The molecule has 0 amide bonds. The van der Waals surface area contributed by atoms with Gasteiger partial charge in [-0.3, -0.25) is 4.90 Å².